The van der Waals surface area contributed by atoms with Crippen LogP contribution in [0.2, 0.25) is 5.02 Å². The summed E-state index contributed by atoms with van der Waals surface area (Å²) < 4.78 is 18.6. The standard InChI is InChI=1S/C15H15ClFNO/c1-2-18-10-13-14(16)4-3-5-15(13)19-12-8-6-11(17)7-9-12/h3-9,18H,2,10H2,1H3. The van der Waals surface area contributed by atoms with E-state index in [0.29, 0.717) is 23.1 Å². The van der Waals surface area contributed by atoms with Crippen molar-refractivity contribution in [2.75, 3.05) is 6.54 Å². The van der Waals surface area contributed by atoms with Gasteiger partial charge in [0.2, 0.25) is 0 Å². The molecule has 0 aliphatic carbocycles. The highest BCUT2D eigenvalue weighted by atomic mass is 35.5. The molecule has 2 nitrogen and oxygen atoms in total. The van der Waals surface area contributed by atoms with Gasteiger partial charge in [-0.15, -0.1) is 0 Å². The fourth-order valence-corrected chi connectivity index (χ4v) is 1.92. The third-order valence-electron chi connectivity index (χ3n) is 2.67. The first kappa shape index (κ1) is 13.8. The van der Waals surface area contributed by atoms with Gasteiger partial charge in [0.25, 0.3) is 0 Å². The van der Waals surface area contributed by atoms with Crippen LogP contribution in [-0.4, -0.2) is 6.54 Å². The van der Waals surface area contributed by atoms with Gasteiger partial charge in [-0.3, -0.25) is 0 Å². The van der Waals surface area contributed by atoms with Gasteiger partial charge in [0.05, 0.1) is 0 Å². The Morgan fingerprint density at radius 2 is 1.89 bits per heavy atom. The Bertz CT molecular complexity index is 542. The molecular weight excluding hydrogens is 265 g/mol. The van der Waals surface area contributed by atoms with E-state index in [-0.39, 0.29) is 5.82 Å². The maximum absolute atomic E-state index is 12.8. The predicted octanol–water partition coefficient (Wildman–Crippen LogP) is 4.38. The minimum absolute atomic E-state index is 0.286. The van der Waals surface area contributed by atoms with Gasteiger partial charge in [0, 0.05) is 17.1 Å². The molecule has 0 unspecified atom stereocenters. The molecule has 0 bridgehead atoms. The summed E-state index contributed by atoms with van der Waals surface area (Å²) in [5.41, 5.74) is 0.898. The van der Waals surface area contributed by atoms with Crippen LogP contribution in [0.3, 0.4) is 0 Å². The van der Waals surface area contributed by atoms with Crippen LogP contribution < -0.4 is 10.1 Å². The van der Waals surface area contributed by atoms with Gasteiger partial charge in [-0.2, -0.15) is 0 Å². The zero-order valence-electron chi connectivity index (χ0n) is 10.6. The third kappa shape index (κ3) is 3.69. The highest BCUT2D eigenvalue weighted by molar-refractivity contribution is 6.31. The number of benzene rings is 2. The van der Waals surface area contributed by atoms with Gasteiger partial charge in [-0.05, 0) is 42.9 Å². The third-order valence-corrected chi connectivity index (χ3v) is 3.02. The first-order valence-corrected chi connectivity index (χ1v) is 6.50. The van der Waals surface area contributed by atoms with Crippen LogP contribution >= 0.6 is 11.6 Å². The number of rotatable bonds is 5. The SMILES string of the molecule is CCNCc1c(Cl)cccc1Oc1ccc(F)cc1. The second-order valence-electron chi connectivity index (χ2n) is 4.05. The van der Waals surface area contributed by atoms with E-state index in [4.69, 9.17) is 16.3 Å². The molecule has 0 saturated heterocycles. The van der Waals surface area contributed by atoms with E-state index < -0.39 is 0 Å². The van der Waals surface area contributed by atoms with Crippen LogP contribution in [-0.2, 0) is 6.54 Å². The van der Waals surface area contributed by atoms with Crippen molar-refractivity contribution in [2.45, 2.75) is 13.5 Å². The molecule has 0 aliphatic heterocycles. The van der Waals surface area contributed by atoms with Gasteiger partial charge in [0.15, 0.2) is 0 Å². The molecule has 2 aromatic carbocycles. The van der Waals surface area contributed by atoms with Gasteiger partial charge < -0.3 is 10.1 Å². The van der Waals surface area contributed by atoms with Crippen LogP contribution in [0.25, 0.3) is 0 Å². The van der Waals surface area contributed by atoms with Crippen LogP contribution in [0.5, 0.6) is 11.5 Å². The Hall–Kier alpha value is -1.58. The molecule has 0 radical (unpaired) electrons. The Labute approximate surface area is 117 Å². The minimum atomic E-state index is -0.286. The van der Waals surface area contributed by atoms with Crippen molar-refractivity contribution in [3.8, 4) is 11.5 Å². The molecule has 100 valence electrons. The predicted molar refractivity (Wildman–Crippen MR) is 75.3 cm³/mol. The van der Waals surface area contributed by atoms with Crippen LogP contribution in [0.15, 0.2) is 42.5 Å². The largest absolute Gasteiger partial charge is 0.457 e. The number of hydrogen-bond donors (Lipinski definition) is 1. The topological polar surface area (TPSA) is 21.3 Å². The first-order valence-electron chi connectivity index (χ1n) is 6.12. The minimum Gasteiger partial charge on any atom is -0.457 e. The number of nitrogens with one attached hydrogen (secondary N) is 1. The van der Waals surface area contributed by atoms with E-state index in [1.165, 1.54) is 12.1 Å². The molecule has 0 heterocycles. The molecule has 19 heavy (non-hydrogen) atoms. The fourth-order valence-electron chi connectivity index (χ4n) is 1.69. The van der Waals surface area contributed by atoms with Crippen LogP contribution in [0.1, 0.15) is 12.5 Å². The zero-order chi connectivity index (χ0) is 13.7. The molecule has 0 aliphatic rings. The molecule has 0 atom stereocenters. The molecule has 0 saturated carbocycles. The van der Waals surface area contributed by atoms with E-state index in [0.717, 1.165) is 12.1 Å². The smallest absolute Gasteiger partial charge is 0.133 e. The second kappa shape index (κ2) is 6.55. The lowest BCUT2D eigenvalue weighted by molar-refractivity contribution is 0.471. The molecule has 0 aromatic heterocycles. The van der Waals surface area contributed by atoms with Crippen molar-refractivity contribution in [1.82, 2.24) is 5.32 Å². The summed E-state index contributed by atoms with van der Waals surface area (Å²) in [4.78, 5) is 0. The number of ether oxygens (including phenoxy) is 1. The summed E-state index contributed by atoms with van der Waals surface area (Å²) in [6.07, 6.45) is 0. The van der Waals surface area contributed by atoms with Crippen molar-refractivity contribution in [3.63, 3.8) is 0 Å². The van der Waals surface area contributed by atoms with E-state index in [1.54, 1.807) is 12.1 Å². The summed E-state index contributed by atoms with van der Waals surface area (Å²) in [5.74, 6) is 0.979. The molecule has 4 heteroatoms. The Morgan fingerprint density at radius 3 is 2.58 bits per heavy atom. The molecule has 0 fully saturated rings. The summed E-state index contributed by atoms with van der Waals surface area (Å²) in [6, 6.07) is 11.4. The van der Waals surface area contributed by atoms with E-state index in [9.17, 15) is 4.39 Å². The Morgan fingerprint density at radius 1 is 1.16 bits per heavy atom. The monoisotopic (exact) mass is 279 g/mol. The highest BCUT2D eigenvalue weighted by Gasteiger charge is 2.08. The van der Waals surface area contributed by atoms with Gasteiger partial charge in [-0.1, -0.05) is 24.6 Å². The molecule has 0 spiro atoms. The van der Waals surface area contributed by atoms with E-state index in [2.05, 4.69) is 5.32 Å². The zero-order valence-corrected chi connectivity index (χ0v) is 11.4. The first-order chi connectivity index (χ1) is 9.20. The maximum Gasteiger partial charge on any atom is 0.133 e. The normalized spacial score (nSPS) is 10.5. The molecule has 1 N–H and O–H groups in total. The summed E-state index contributed by atoms with van der Waals surface area (Å²) in [7, 11) is 0. The lowest BCUT2D eigenvalue weighted by Gasteiger charge is -2.13. The number of hydrogen-bond acceptors (Lipinski definition) is 2. The van der Waals surface area contributed by atoms with Crippen molar-refractivity contribution >= 4 is 11.6 Å². The quantitative estimate of drug-likeness (QED) is 0.877. The summed E-state index contributed by atoms with van der Waals surface area (Å²) in [6.45, 7) is 3.51. The lowest BCUT2D eigenvalue weighted by Crippen LogP contribution is -2.12. The molecule has 2 rings (SSSR count). The lowest BCUT2D eigenvalue weighted by atomic mass is 10.2. The summed E-state index contributed by atoms with van der Waals surface area (Å²) >= 11 is 6.18. The van der Waals surface area contributed by atoms with Crippen molar-refractivity contribution in [2.24, 2.45) is 0 Å². The van der Waals surface area contributed by atoms with Crippen molar-refractivity contribution in [1.29, 1.82) is 0 Å². The van der Waals surface area contributed by atoms with Crippen LogP contribution in [0, 0.1) is 5.82 Å². The van der Waals surface area contributed by atoms with Gasteiger partial charge >= 0.3 is 0 Å². The maximum atomic E-state index is 12.8. The molecular formula is C15H15ClFNO. The molecule has 0 amide bonds. The van der Waals surface area contributed by atoms with Crippen molar-refractivity contribution < 1.29 is 9.13 Å². The van der Waals surface area contributed by atoms with E-state index >= 15 is 0 Å². The van der Waals surface area contributed by atoms with E-state index in [1.807, 2.05) is 25.1 Å². The highest BCUT2D eigenvalue weighted by Crippen LogP contribution is 2.30. The number of halogens is 2. The molecule has 2 aromatic rings. The van der Waals surface area contributed by atoms with Gasteiger partial charge in [0.1, 0.15) is 17.3 Å². The Kier molecular flexibility index (Phi) is 4.77. The fraction of sp³-hybridized carbons (Fsp3) is 0.200. The second-order valence-corrected chi connectivity index (χ2v) is 4.46. The summed E-state index contributed by atoms with van der Waals surface area (Å²) in [5, 5.41) is 3.87. The average molecular weight is 280 g/mol. The van der Waals surface area contributed by atoms with Crippen molar-refractivity contribution in [3.05, 3.63) is 58.9 Å². The average Bonchev–Trinajstić information content (AvgIpc) is 2.41. The Balaban J connectivity index is 2.23. The van der Waals surface area contributed by atoms with Crippen LogP contribution in [0.4, 0.5) is 4.39 Å². The van der Waals surface area contributed by atoms with Gasteiger partial charge in [-0.25, -0.2) is 4.39 Å².